The molecule has 0 saturated heterocycles. The van der Waals surface area contributed by atoms with Crippen molar-refractivity contribution in [3.05, 3.63) is 90.7 Å². The lowest BCUT2D eigenvalue weighted by Gasteiger charge is -2.20. The van der Waals surface area contributed by atoms with Gasteiger partial charge in [-0.2, -0.15) is 5.10 Å². The molecule has 0 aliphatic carbocycles. The highest BCUT2D eigenvalue weighted by molar-refractivity contribution is 5.89. The summed E-state index contributed by atoms with van der Waals surface area (Å²) in [5, 5.41) is 11.1. The molecule has 0 spiro atoms. The minimum Gasteiger partial charge on any atom is -0.358 e. The molecule has 9 heteroatoms. The molecule has 0 saturated carbocycles. The first kappa shape index (κ1) is 30.2. The quantitative estimate of drug-likeness (QED) is 0.165. The number of hydrogen-bond donors (Lipinski definition) is 3. The molecule has 5 aromatic heterocycles. The van der Waals surface area contributed by atoms with Crippen LogP contribution in [0.2, 0.25) is 0 Å². The lowest BCUT2D eigenvalue weighted by atomic mass is 9.91. The average molecular weight is 564 g/mol. The Balaban J connectivity index is 0.00000198. The van der Waals surface area contributed by atoms with Crippen molar-refractivity contribution in [2.24, 2.45) is 5.41 Å². The van der Waals surface area contributed by atoms with Gasteiger partial charge in [0.15, 0.2) is 11.5 Å². The van der Waals surface area contributed by atoms with Gasteiger partial charge in [0.1, 0.15) is 11.2 Å². The van der Waals surface area contributed by atoms with Crippen LogP contribution in [0, 0.1) is 19.3 Å². The van der Waals surface area contributed by atoms with Crippen LogP contribution in [0.25, 0.3) is 39.5 Å². The fourth-order valence-corrected chi connectivity index (χ4v) is 4.61. The van der Waals surface area contributed by atoms with Gasteiger partial charge in [0.05, 0.1) is 40.8 Å². The normalized spacial score (nSPS) is 12.0. The monoisotopic (exact) mass is 563 g/mol. The van der Waals surface area contributed by atoms with Crippen molar-refractivity contribution < 1.29 is 0 Å². The van der Waals surface area contributed by atoms with Gasteiger partial charge in [0.2, 0.25) is 0 Å². The van der Waals surface area contributed by atoms with Gasteiger partial charge in [-0.15, -0.1) is 0 Å². The summed E-state index contributed by atoms with van der Waals surface area (Å²) >= 11 is 0. The maximum absolute atomic E-state index is 4.97. The van der Waals surface area contributed by atoms with E-state index in [9.17, 15) is 0 Å². The number of nitrogens with zero attached hydrogens (tertiary/aromatic N) is 6. The van der Waals surface area contributed by atoms with Gasteiger partial charge in [0, 0.05) is 29.3 Å². The molecule has 0 amide bonds. The lowest BCUT2D eigenvalue weighted by Crippen LogP contribution is -2.10. The molecule has 0 bridgehead atoms. The number of pyridine rings is 2. The van der Waals surface area contributed by atoms with Crippen LogP contribution in [0.1, 0.15) is 65.0 Å². The molecule has 0 aliphatic heterocycles. The fraction of sp³-hybridized carbons (Fsp3) is 0.303. The van der Waals surface area contributed by atoms with Crippen LogP contribution in [0.5, 0.6) is 0 Å². The SMILES string of the molecule is C=C(CC(C)(C)C)Nc1cncc(-c2ccc3[nH]nc(-c4nc(/C(=C\C=C/C)n5cnc(C)c5)c(C)[nH]4)c3n2)c1.CC. The number of aromatic nitrogens is 8. The third-order valence-corrected chi connectivity index (χ3v) is 6.29. The van der Waals surface area contributed by atoms with E-state index in [4.69, 9.17) is 9.97 Å². The van der Waals surface area contributed by atoms with Crippen LogP contribution in [0.15, 0.2) is 73.6 Å². The minimum absolute atomic E-state index is 0.143. The number of anilines is 1. The molecular weight excluding hydrogens is 522 g/mol. The Kier molecular flexibility index (Phi) is 9.20. The number of aromatic amines is 2. The van der Waals surface area contributed by atoms with E-state index >= 15 is 0 Å². The molecule has 0 atom stereocenters. The third-order valence-electron chi connectivity index (χ3n) is 6.29. The number of allylic oxidation sites excluding steroid dienone is 4. The van der Waals surface area contributed by atoms with E-state index in [-0.39, 0.29) is 5.41 Å². The van der Waals surface area contributed by atoms with E-state index in [1.165, 1.54) is 0 Å². The van der Waals surface area contributed by atoms with E-state index in [0.29, 0.717) is 11.5 Å². The van der Waals surface area contributed by atoms with Crippen molar-refractivity contribution in [1.29, 1.82) is 0 Å². The second-order valence-electron chi connectivity index (χ2n) is 11.2. The number of imidazole rings is 2. The maximum atomic E-state index is 4.97. The van der Waals surface area contributed by atoms with Gasteiger partial charge in [-0.1, -0.05) is 53.3 Å². The van der Waals surface area contributed by atoms with Crippen LogP contribution >= 0.6 is 0 Å². The number of hydrogen-bond acceptors (Lipinski definition) is 6. The summed E-state index contributed by atoms with van der Waals surface area (Å²) in [5.74, 6) is 0.638. The van der Waals surface area contributed by atoms with Gasteiger partial charge < -0.3 is 14.9 Å². The zero-order valence-corrected chi connectivity index (χ0v) is 25.9. The Morgan fingerprint density at radius 2 is 1.90 bits per heavy atom. The molecule has 218 valence electrons. The van der Waals surface area contributed by atoms with Crippen LogP contribution in [-0.2, 0) is 0 Å². The van der Waals surface area contributed by atoms with Crippen molar-refractivity contribution in [1.82, 2.24) is 39.7 Å². The van der Waals surface area contributed by atoms with E-state index in [1.807, 2.05) is 88.0 Å². The minimum atomic E-state index is 0.143. The maximum Gasteiger partial charge on any atom is 0.161 e. The molecule has 9 nitrogen and oxygen atoms in total. The Hall–Kier alpha value is -4.79. The Bertz CT molecular complexity index is 1740. The molecule has 0 aromatic carbocycles. The van der Waals surface area contributed by atoms with Crippen LogP contribution < -0.4 is 5.32 Å². The van der Waals surface area contributed by atoms with E-state index in [0.717, 1.165) is 62.9 Å². The van der Waals surface area contributed by atoms with E-state index in [2.05, 4.69) is 57.8 Å². The number of rotatable bonds is 8. The van der Waals surface area contributed by atoms with Gasteiger partial charge >= 0.3 is 0 Å². The molecular formula is C33H41N9. The smallest absolute Gasteiger partial charge is 0.161 e. The van der Waals surface area contributed by atoms with E-state index < -0.39 is 0 Å². The first-order valence-corrected chi connectivity index (χ1v) is 14.3. The van der Waals surface area contributed by atoms with Gasteiger partial charge in [-0.3, -0.25) is 10.1 Å². The summed E-state index contributed by atoms with van der Waals surface area (Å²) in [6.45, 7) is 20.7. The highest BCUT2D eigenvalue weighted by atomic mass is 15.2. The number of H-pyrrole nitrogens is 2. The summed E-state index contributed by atoms with van der Waals surface area (Å²) in [7, 11) is 0. The van der Waals surface area contributed by atoms with Gasteiger partial charge in [-0.25, -0.2) is 15.0 Å². The summed E-state index contributed by atoms with van der Waals surface area (Å²) < 4.78 is 1.98. The summed E-state index contributed by atoms with van der Waals surface area (Å²) in [5.41, 5.74) is 9.44. The first-order chi connectivity index (χ1) is 20.1. The number of nitrogens with one attached hydrogen (secondary N) is 3. The van der Waals surface area contributed by atoms with Crippen molar-refractivity contribution in [3.63, 3.8) is 0 Å². The van der Waals surface area contributed by atoms with Crippen LogP contribution in [-0.4, -0.2) is 39.7 Å². The first-order valence-electron chi connectivity index (χ1n) is 14.3. The van der Waals surface area contributed by atoms with E-state index in [1.54, 1.807) is 12.5 Å². The van der Waals surface area contributed by atoms with Gasteiger partial charge in [-0.05, 0) is 56.9 Å². The molecule has 0 fully saturated rings. The van der Waals surface area contributed by atoms with Crippen LogP contribution in [0.4, 0.5) is 5.69 Å². The van der Waals surface area contributed by atoms with Crippen molar-refractivity contribution in [2.75, 3.05) is 5.32 Å². The predicted molar refractivity (Wildman–Crippen MR) is 173 cm³/mol. The van der Waals surface area contributed by atoms with Crippen molar-refractivity contribution >= 4 is 22.4 Å². The lowest BCUT2D eigenvalue weighted by molar-refractivity contribution is 0.411. The van der Waals surface area contributed by atoms with Gasteiger partial charge in [0.25, 0.3) is 0 Å². The Morgan fingerprint density at radius 3 is 2.60 bits per heavy atom. The molecule has 42 heavy (non-hydrogen) atoms. The third kappa shape index (κ3) is 6.91. The summed E-state index contributed by atoms with van der Waals surface area (Å²) in [6.07, 6.45) is 14.2. The molecule has 0 unspecified atom stereocenters. The Morgan fingerprint density at radius 1 is 1.12 bits per heavy atom. The molecule has 5 aromatic rings. The molecule has 3 N–H and O–H groups in total. The Labute approximate surface area is 248 Å². The number of fused-ring (bicyclic) bond motifs is 1. The predicted octanol–water partition coefficient (Wildman–Crippen LogP) is 8.08. The zero-order chi connectivity index (χ0) is 30.4. The molecule has 0 aliphatic rings. The highest BCUT2D eigenvalue weighted by Crippen LogP contribution is 2.30. The second-order valence-corrected chi connectivity index (χ2v) is 11.2. The number of aryl methyl sites for hydroxylation is 2. The zero-order valence-electron chi connectivity index (χ0n) is 25.9. The molecule has 5 heterocycles. The summed E-state index contributed by atoms with van der Waals surface area (Å²) in [4.78, 5) is 22.2. The average Bonchev–Trinajstić information content (AvgIpc) is 3.67. The van der Waals surface area contributed by atoms with Crippen molar-refractivity contribution in [3.8, 4) is 22.8 Å². The topological polar surface area (TPSA) is 113 Å². The summed E-state index contributed by atoms with van der Waals surface area (Å²) in [6, 6.07) is 5.98. The molecule has 0 radical (unpaired) electrons. The van der Waals surface area contributed by atoms with Crippen LogP contribution in [0.3, 0.4) is 0 Å². The fourth-order valence-electron chi connectivity index (χ4n) is 4.61. The highest BCUT2D eigenvalue weighted by Gasteiger charge is 2.19. The molecule has 5 rings (SSSR count). The van der Waals surface area contributed by atoms with Crippen molar-refractivity contribution in [2.45, 2.75) is 61.8 Å². The standard InChI is InChI=1S/C31H35N9.C2H6/c1-8-9-10-26(40-17-20(3)33-18-40)27-21(4)35-30(37-27)29-28-25(38-39-29)12-11-24(36-28)22-13-23(16-32-15-22)34-19(2)14-31(5,6)7;1-2/h8-13,15-18,34H,2,14H2,1,3-7H3,(H,35,37)(H,38,39);1-2H3/b9-8-,26-10+;. The second kappa shape index (κ2) is 12.8. The largest absolute Gasteiger partial charge is 0.358 e.